The van der Waals surface area contributed by atoms with Gasteiger partial charge in [-0.1, -0.05) is 32.4 Å². The Morgan fingerprint density at radius 1 is 1.19 bits per heavy atom. The third-order valence-corrected chi connectivity index (χ3v) is 3.51. The van der Waals surface area contributed by atoms with E-state index in [1.165, 1.54) is 5.56 Å². The van der Waals surface area contributed by atoms with E-state index in [9.17, 15) is 0 Å². The molecule has 0 saturated carbocycles. The van der Waals surface area contributed by atoms with Crippen LogP contribution in [-0.2, 0) is 0 Å². The van der Waals surface area contributed by atoms with Gasteiger partial charge in [0.25, 0.3) is 0 Å². The molecule has 0 bridgehead atoms. The van der Waals surface area contributed by atoms with Crippen LogP contribution in [0.5, 0.6) is 5.75 Å². The number of halogens is 1. The summed E-state index contributed by atoms with van der Waals surface area (Å²) in [6.07, 6.45) is 3.30. The Kier molecular flexibility index (Phi) is 5.68. The summed E-state index contributed by atoms with van der Waals surface area (Å²) >= 11 is 6.42. The van der Waals surface area contributed by atoms with Crippen LogP contribution in [0.3, 0.4) is 0 Å². The van der Waals surface area contributed by atoms with Gasteiger partial charge in [0.05, 0.1) is 7.11 Å². The Morgan fingerprint density at radius 2 is 1.81 bits per heavy atom. The van der Waals surface area contributed by atoms with E-state index in [-0.39, 0.29) is 5.38 Å². The number of ether oxygens (including phenoxy) is 1. The lowest BCUT2D eigenvalue weighted by Crippen LogP contribution is -2.12. The quantitative estimate of drug-likeness (QED) is 0.661. The van der Waals surface area contributed by atoms with Gasteiger partial charge in [0.1, 0.15) is 5.75 Å². The van der Waals surface area contributed by atoms with Crippen molar-refractivity contribution in [3.63, 3.8) is 0 Å². The molecule has 0 aliphatic heterocycles. The summed E-state index contributed by atoms with van der Waals surface area (Å²) in [4.78, 5) is 0. The van der Waals surface area contributed by atoms with Crippen LogP contribution < -0.4 is 4.74 Å². The largest absolute Gasteiger partial charge is 0.497 e. The van der Waals surface area contributed by atoms with Gasteiger partial charge in [0, 0.05) is 5.38 Å². The third-order valence-electron chi connectivity index (χ3n) is 2.98. The molecule has 1 aromatic rings. The van der Waals surface area contributed by atoms with Crippen molar-refractivity contribution >= 4 is 11.6 Å². The molecule has 16 heavy (non-hydrogen) atoms. The van der Waals surface area contributed by atoms with E-state index in [1.54, 1.807) is 7.11 Å². The molecule has 0 fully saturated rings. The Morgan fingerprint density at radius 3 is 2.25 bits per heavy atom. The molecule has 0 aliphatic rings. The predicted molar refractivity (Wildman–Crippen MR) is 70.6 cm³/mol. The van der Waals surface area contributed by atoms with Gasteiger partial charge >= 0.3 is 0 Å². The molecule has 90 valence electrons. The molecule has 1 aromatic carbocycles. The summed E-state index contributed by atoms with van der Waals surface area (Å²) in [5.41, 5.74) is 1.32. The van der Waals surface area contributed by atoms with E-state index in [0.717, 1.165) is 25.0 Å². The fourth-order valence-corrected chi connectivity index (χ4v) is 2.57. The number of methoxy groups -OCH3 is 1. The van der Waals surface area contributed by atoms with Gasteiger partial charge in [-0.2, -0.15) is 0 Å². The zero-order chi connectivity index (χ0) is 12.0. The van der Waals surface area contributed by atoms with Crippen LogP contribution in [0.15, 0.2) is 24.3 Å². The molecular formula is C14H21ClO. The van der Waals surface area contributed by atoms with Crippen LogP contribution >= 0.6 is 11.6 Å². The topological polar surface area (TPSA) is 9.23 Å². The van der Waals surface area contributed by atoms with Gasteiger partial charge in [-0.05, 0) is 36.5 Å². The van der Waals surface area contributed by atoms with Crippen molar-refractivity contribution in [2.75, 3.05) is 7.11 Å². The molecule has 1 rings (SSSR count). The monoisotopic (exact) mass is 240 g/mol. The highest BCUT2D eigenvalue weighted by atomic mass is 35.5. The minimum absolute atomic E-state index is 0.239. The fourth-order valence-electron chi connectivity index (χ4n) is 2.03. The smallest absolute Gasteiger partial charge is 0.118 e. The summed E-state index contributed by atoms with van der Waals surface area (Å²) in [5.74, 6) is 1.35. The Balaban J connectivity index is 2.78. The maximum atomic E-state index is 6.42. The summed E-state index contributed by atoms with van der Waals surface area (Å²) in [6, 6.07) is 8.26. The predicted octanol–water partition coefficient (Wildman–Crippen LogP) is 4.60. The summed E-state index contributed by atoms with van der Waals surface area (Å²) in [6.45, 7) is 4.37. The highest BCUT2D eigenvalue weighted by Crippen LogP contribution is 2.30. The molecule has 0 saturated heterocycles. The van der Waals surface area contributed by atoms with E-state index in [2.05, 4.69) is 26.0 Å². The van der Waals surface area contributed by atoms with Gasteiger partial charge in [0.15, 0.2) is 0 Å². The van der Waals surface area contributed by atoms with Crippen molar-refractivity contribution in [1.29, 1.82) is 0 Å². The summed E-state index contributed by atoms with van der Waals surface area (Å²) in [7, 11) is 1.69. The first kappa shape index (κ1) is 13.4. The average molecular weight is 241 g/mol. The zero-order valence-corrected chi connectivity index (χ0v) is 11.1. The minimum atomic E-state index is 0.239. The first-order valence-corrected chi connectivity index (χ1v) is 6.44. The molecule has 0 amide bonds. The molecule has 0 heterocycles. The average Bonchev–Trinajstić information content (AvgIpc) is 2.31. The van der Waals surface area contributed by atoms with E-state index in [1.807, 2.05) is 12.1 Å². The van der Waals surface area contributed by atoms with Crippen molar-refractivity contribution in [3.05, 3.63) is 29.8 Å². The van der Waals surface area contributed by atoms with Gasteiger partial charge in [-0.25, -0.2) is 0 Å². The second-order valence-electron chi connectivity index (χ2n) is 4.09. The van der Waals surface area contributed by atoms with Gasteiger partial charge in [-0.3, -0.25) is 0 Å². The standard InChI is InChI=1S/C14H21ClO/c1-4-6-14(15)13(5-2)11-7-9-12(16-3)10-8-11/h7-10,13-14H,4-6H2,1-3H3. The van der Waals surface area contributed by atoms with Crippen LogP contribution in [0.25, 0.3) is 0 Å². The SMILES string of the molecule is CCCC(Cl)C(CC)c1ccc(OC)cc1. The fraction of sp³-hybridized carbons (Fsp3) is 0.571. The molecule has 1 nitrogen and oxygen atoms in total. The molecule has 0 spiro atoms. The second-order valence-corrected chi connectivity index (χ2v) is 4.65. The third kappa shape index (κ3) is 3.41. The maximum Gasteiger partial charge on any atom is 0.118 e. The van der Waals surface area contributed by atoms with E-state index in [4.69, 9.17) is 16.3 Å². The normalized spacial score (nSPS) is 14.5. The zero-order valence-electron chi connectivity index (χ0n) is 10.4. The van der Waals surface area contributed by atoms with Crippen molar-refractivity contribution < 1.29 is 4.74 Å². The number of alkyl halides is 1. The molecule has 2 unspecified atom stereocenters. The van der Waals surface area contributed by atoms with E-state index in [0.29, 0.717) is 5.92 Å². The molecule has 0 aliphatic carbocycles. The molecule has 0 radical (unpaired) electrons. The van der Waals surface area contributed by atoms with Crippen molar-refractivity contribution in [2.24, 2.45) is 0 Å². The summed E-state index contributed by atoms with van der Waals surface area (Å²) < 4.78 is 5.16. The lowest BCUT2D eigenvalue weighted by Gasteiger charge is -2.21. The van der Waals surface area contributed by atoms with Crippen LogP contribution in [0.1, 0.15) is 44.6 Å². The van der Waals surface area contributed by atoms with Crippen molar-refractivity contribution in [3.8, 4) is 5.75 Å². The first-order chi connectivity index (χ1) is 7.72. The van der Waals surface area contributed by atoms with Crippen LogP contribution in [-0.4, -0.2) is 12.5 Å². The van der Waals surface area contributed by atoms with E-state index >= 15 is 0 Å². The summed E-state index contributed by atoms with van der Waals surface area (Å²) in [5, 5.41) is 0.239. The second kappa shape index (κ2) is 6.80. The van der Waals surface area contributed by atoms with Crippen molar-refractivity contribution in [2.45, 2.75) is 44.4 Å². The molecule has 0 N–H and O–H groups in total. The van der Waals surface area contributed by atoms with Gasteiger partial charge < -0.3 is 4.74 Å². The molecular weight excluding hydrogens is 220 g/mol. The van der Waals surface area contributed by atoms with Crippen LogP contribution in [0, 0.1) is 0 Å². The molecule has 0 aromatic heterocycles. The number of rotatable bonds is 6. The number of hydrogen-bond acceptors (Lipinski definition) is 1. The lowest BCUT2D eigenvalue weighted by atomic mass is 9.91. The van der Waals surface area contributed by atoms with Gasteiger partial charge in [0.2, 0.25) is 0 Å². The van der Waals surface area contributed by atoms with Crippen molar-refractivity contribution in [1.82, 2.24) is 0 Å². The lowest BCUT2D eigenvalue weighted by molar-refractivity contribution is 0.414. The maximum absolute atomic E-state index is 6.42. The first-order valence-electron chi connectivity index (χ1n) is 6.00. The van der Waals surface area contributed by atoms with Crippen LogP contribution in [0.4, 0.5) is 0 Å². The minimum Gasteiger partial charge on any atom is -0.497 e. The van der Waals surface area contributed by atoms with E-state index < -0.39 is 0 Å². The highest BCUT2D eigenvalue weighted by molar-refractivity contribution is 6.21. The molecule has 2 atom stereocenters. The number of benzene rings is 1. The number of hydrogen-bond donors (Lipinski definition) is 0. The Hall–Kier alpha value is -0.690. The highest BCUT2D eigenvalue weighted by Gasteiger charge is 2.18. The Bertz CT molecular complexity index is 294. The Labute approximate surface area is 104 Å². The van der Waals surface area contributed by atoms with Gasteiger partial charge in [-0.15, -0.1) is 11.6 Å². The molecule has 2 heteroatoms. The van der Waals surface area contributed by atoms with Crippen LogP contribution in [0.2, 0.25) is 0 Å².